The van der Waals surface area contributed by atoms with Crippen LogP contribution in [-0.2, 0) is 0 Å². The monoisotopic (exact) mass is 312 g/mol. The van der Waals surface area contributed by atoms with Crippen molar-refractivity contribution in [1.82, 2.24) is 9.80 Å². The molecule has 1 aliphatic heterocycles. The number of rotatable bonds is 4. The van der Waals surface area contributed by atoms with Crippen molar-refractivity contribution in [3.05, 3.63) is 71.8 Å². The van der Waals surface area contributed by atoms with Gasteiger partial charge in [-0.2, -0.15) is 0 Å². The van der Waals surface area contributed by atoms with Crippen molar-refractivity contribution in [2.24, 2.45) is 0 Å². The molecule has 0 bridgehead atoms. The third-order valence-electron chi connectivity index (χ3n) is 4.54. The molecule has 2 atom stereocenters. The summed E-state index contributed by atoms with van der Waals surface area (Å²) in [5.74, 6) is 2.21. The third-order valence-corrected chi connectivity index (χ3v) is 5.57. The van der Waals surface area contributed by atoms with Gasteiger partial charge in [-0.1, -0.05) is 60.7 Å². The number of hydrogen-bond donors (Lipinski definition) is 0. The van der Waals surface area contributed by atoms with Crippen LogP contribution >= 0.6 is 11.8 Å². The Balaban J connectivity index is 1.69. The summed E-state index contributed by atoms with van der Waals surface area (Å²) in [6.45, 7) is 5.65. The van der Waals surface area contributed by atoms with E-state index in [-0.39, 0.29) is 0 Å². The van der Waals surface area contributed by atoms with E-state index in [9.17, 15) is 0 Å². The van der Waals surface area contributed by atoms with Crippen LogP contribution in [0.2, 0.25) is 0 Å². The van der Waals surface area contributed by atoms with Gasteiger partial charge in [0.25, 0.3) is 0 Å². The van der Waals surface area contributed by atoms with Crippen molar-refractivity contribution in [3.8, 4) is 0 Å². The van der Waals surface area contributed by atoms with Gasteiger partial charge in [0, 0.05) is 23.8 Å². The van der Waals surface area contributed by atoms with Crippen molar-refractivity contribution in [3.63, 3.8) is 0 Å². The summed E-state index contributed by atoms with van der Waals surface area (Å²) in [7, 11) is 0. The van der Waals surface area contributed by atoms with Gasteiger partial charge in [-0.25, -0.2) is 0 Å². The molecule has 2 aromatic carbocycles. The second-order valence-electron chi connectivity index (χ2n) is 5.95. The van der Waals surface area contributed by atoms with Crippen LogP contribution < -0.4 is 0 Å². The lowest BCUT2D eigenvalue weighted by molar-refractivity contribution is 0.0946. The standard InChI is InChI=1S/C19H24N2S/c1-16(18-9-5-3-6-10-18)20-13-21(15-22-14-20)17(2)19-11-7-4-8-12-19/h3-12,16-17H,13-15H2,1-2H3/t16-,17-/m1/s1. The molecule has 0 radical (unpaired) electrons. The fourth-order valence-corrected chi connectivity index (χ4v) is 4.10. The molecule has 0 aromatic heterocycles. The zero-order valence-electron chi connectivity index (χ0n) is 13.4. The molecule has 2 aromatic rings. The minimum atomic E-state index is 0.458. The zero-order valence-corrected chi connectivity index (χ0v) is 14.2. The first-order valence-electron chi connectivity index (χ1n) is 7.91. The van der Waals surface area contributed by atoms with E-state index in [2.05, 4.69) is 84.3 Å². The summed E-state index contributed by atoms with van der Waals surface area (Å²) in [5, 5.41) is 0. The topological polar surface area (TPSA) is 6.48 Å². The normalized spacial score (nSPS) is 19.7. The molecule has 3 rings (SSSR count). The van der Waals surface area contributed by atoms with E-state index in [0.717, 1.165) is 18.4 Å². The zero-order chi connectivity index (χ0) is 15.4. The Hall–Kier alpha value is -1.29. The van der Waals surface area contributed by atoms with Gasteiger partial charge >= 0.3 is 0 Å². The highest BCUT2D eigenvalue weighted by molar-refractivity contribution is 7.99. The highest BCUT2D eigenvalue weighted by Crippen LogP contribution is 2.30. The lowest BCUT2D eigenvalue weighted by Gasteiger charge is -2.41. The molecule has 116 valence electrons. The summed E-state index contributed by atoms with van der Waals surface area (Å²) in [4.78, 5) is 5.12. The van der Waals surface area contributed by atoms with Crippen LogP contribution in [0, 0.1) is 0 Å². The lowest BCUT2D eigenvalue weighted by atomic mass is 10.1. The fourth-order valence-electron chi connectivity index (χ4n) is 2.94. The molecule has 2 nitrogen and oxygen atoms in total. The van der Waals surface area contributed by atoms with E-state index in [0.29, 0.717) is 12.1 Å². The highest BCUT2D eigenvalue weighted by atomic mass is 32.2. The molecule has 0 unspecified atom stereocenters. The maximum atomic E-state index is 2.56. The minimum Gasteiger partial charge on any atom is -0.274 e. The first-order chi connectivity index (χ1) is 10.8. The molecule has 0 N–H and O–H groups in total. The smallest absolute Gasteiger partial charge is 0.0533 e. The molecule has 3 heteroatoms. The maximum absolute atomic E-state index is 2.56. The quantitative estimate of drug-likeness (QED) is 0.805. The predicted octanol–water partition coefficient (Wildman–Crippen LogP) is 4.73. The number of nitrogens with zero attached hydrogens (tertiary/aromatic N) is 2. The van der Waals surface area contributed by atoms with Crippen LogP contribution in [0.1, 0.15) is 37.1 Å². The van der Waals surface area contributed by atoms with Crippen molar-refractivity contribution < 1.29 is 0 Å². The van der Waals surface area contributed by atoms with E-state index in [4.69, 9.17) is 0 Å². The van der Waals surface area contributed by atoms with E-state index in [1.54, 1.807) is 0 Å². The van der Waals surface area contributed by atoms with Gasteiger partial charge in [0.1, 0.15) is 0 Å². The largest absolute Gasteiger partial charge is 0.274 e. The third kappa shape index (κ3) is 3.54. The molecule has 0 aliphatic carbocycles. The second-order valence-corrected chi connectivity index (χ2v) is 6.88. The Morgan fingerprint density at radius 1 is 0.727 bits per heavy atom. The summed E-state index contributed by atoms with van der Waals surface area (Å²) in [6.07, 6.45) is 0. The van der Waals surface area contributed by atoms with E-state index >= 15 is 0 Å². The van der Waals surface area contributed by atoms with Crippen molar-refractivity contribution >= 4 is 11.8 Å². The Morgan fingerprint density at radius 3 is 1.55 bits per heavy atom. The number of hydrogen-bond acceptors (Lipinski definition) is 3. The Bertz CT molecular complexity index is 521. The van der Waals surface area contributed by atoms with Gasteiger partial charge in [-0.05, 0) is 25.0 Å². The molecular weight excluding hydrogens is 288 g/mol. The van der Waals surface area contributed by atoms with Crippen LogP contribution in [0.3, 0.4) is 0 Å². The first kappa shape index (κ1) is 15.6. The number of benzene rings is 2. The summed E-state index contributed by atoms with van der Waals surface area (Å²) >= 11 is 2.01. The molecule has 1 heterocycles. The molecular formula is C19H24N2S. The van der Waals surface area contributed by atoms with E-state index in [1.165, 1.54) is 11.1 Å². The molecule has 22 heavy (non-hydrogen) atoms. The Labute approximate surface area is 138 Å². The van der Waals surface area contributed by atoms with Gasteiger partial charge in [0.2, 0.25) is 0 Å². The van der Waals surface area contributed by atoms with Crippen LogP contribution in [0.15, 0.2) is 60.7 Å². The molecule has 0 saturated carbocycles. The number of thioether (sulfide) groups is 1. The highest BCUT2D eigenvalue weighted by Gasteiger charge is 2.26. The molecule has 1 aliphatic rings. The maximum Gasteiger partial charge on any atom is 0.0533 e. The first-order valence-corrected chi connectivity index (χ1v) is 9.07. The predicted molar refractivity (Wildman–Crippen MR) is 95.6 cm³/mol. The van der Waals surface area contributed by atoms with Gasteiger partial charge in [0.05, 0.1) is 6.67 Å². The Morgan fingerprint density at radius 2 is 1.14 bits per heavy atom. The average Bonchev–Trinajstić information content (AvgIpc) is 2.62. The van der Waals surface area contributed by atoms with Crippen molar-refractivity contribution in [1.29, 1.82) is 0 Å². The SMILES string of the molecule is C[C@H](c1ccccc1)N1CSCN([C@H](C)c2ccccc2)C1. The summed E-state index contributed by atoms with van der Waals surface area (Å²) < 4.78 is 0. The van der Waals surface area contributed by atoms with Crippen LogP contribution in [0.5, 0.6) is 0 Å². The van der Waals surface area contributed by atoms with E-state index in [1.807, 2.05) is 11.8 Å². The molecule has 1 fully saturated rings. The van der Waals surface area contributed by atoms with Gasteiger partial charge in [0.15, 0.2) is 0 Å². The lowest BCUT2D eigenvalue weighted by Crippen LogP contribution is -2.44. The minimum absolute atomic E-state index is 0.458. The van der Waals surface area contributed by atoms with Gasteiger partial charge in [-0.15, -0.1) is 11.8 Å². The Kier molecular flexibility index (Phi) is 5.19. The molecule has 0 spiro atoms. The van der Waals surface area contributed by atoms with E-state index < -0.39 is 0 Å². The van der Waals surface area contributed by atoms with Crippen LogP contribution in [0.4, 0.5) is 0 Å². The fraction of sp³-hybridized carbons (Fsp3) is 0.368. The van der Waals surface area contributed by atoms with Crippen molar-refractivity contribution in [2.45, 2.75) is 25.9 Å². The second kappa shape index (κ2) is 7.32. The van der Waals surface area contributed by atoms with Gasteiger partial charge in [-0.3, -0.25) is 9.80 Å². The summed E-state index contributed by atoms with van der Waals surface area (Å²) in [6, 6.07) is 22.5. The van der Waals surface area contributed by atoms with Crippen LogP contribution in [0.25, 0.3) is 0 Å². The van der Waals surface area contributed by atoms with Gasteiger partial charge < -0.3 is 0 Å². The van der Waals surface area contributed by atoms with Crippen molar-refractivity contribution in [2.75, 3.05) is 18.4 Å². The van der Waals surface area contributed by atoms with Crippen LogP contribution in [-0.4, -0.2) is 28.2 Å². The summed E-state index contributed by atoms with van der Waals surface area (Å²) in [5.41, 5.74) is 2.80. The molecule has 1 saturated heterocycles. The molecule has 0 amide bonds. The average molecular weight is 312 g/mol.